The summed E-state index contributed by atoms with van der Waals surface area (Å²) in [6.45, 7) is 4.47. The van der Waals surface area contributed by atoms with E-state index in [9.17, 15) is 18.0 Å². The van der Waals surface area contributed by atoms with Crippen LogP contribution in [0.3, 0.4) is 0 Å². The van der Waals surface area contributed by atoms with Crippen LogP contribution in [-0.4, -0.2) is 54.6 Å². The van der Waals surface area contributed by atoms with E-state index in [4.69, 9.17) is 9.73 Å². The molecule has 2 aromatic carbocycles. The number of ether oxygens (including phenoxy) is 2. The molecule has 1 N–H and O–H groups in total. The van der Waals surface area contributed by atoms with Gasteiger partial charge in [-0.2, -0.15) is 0 Å². The number of likely N-dealkylation sites (N-methyl/N-ethyl adjacent to an activating group) is 1. The van der Waals surface area contributed by atoms with Crippen molar-refractivity contribution in [3.05, 3.63) is 42.5 Å². The molecule has 0 radical (unpaired) electrons. The summed E-state index contributed by atoms with van der Waals surface area (Å²) in [5, 5.41) is 3.23. The Morgan fingerprint density at radius 3 is 2.54 bits per heavy atom. The number of nitrogens with zero attached hydrogens (tertiary/aromatic N) is 3. The van der Waals surface area contributed by atoms with Crippen LogP contribution in [0.5, 0.6) is 11.5 Å². The van der Waals surface area contributed by atoms with Gasteiger partial charge in [0, 0.05) is 26.1 Å². The van der Waals surface area contributed by atoms with Crippen molar-refractivity contribution < 1.29 is 32.0 Å². The van der Waals surface area contributed by atoms with Gasteiger partial charge in [0.1, 0.15) is 17.2 Å². The predicted molar refractivity (Wildman–Crippen MR) is 136 cm³/mol. The van der Waals surface area contributed by atoms with Crippen molar-refractivity contribution in [2.75, 3.05) is 26.0 Å². The molecule has 1 heterocycles. The normalized spacial score (nSPS) is 19.7. The first-order valence-corrected chi connectivity index (χ1v) is 12.2. The number of amides is 1. The van der Waals surface area contributed by atoms with Crippen LogP contribution in [0.2, 0.25) is 0 Å². The van der Waals surface area contributed by atoms with E-state index < -0.39 is 6.36 Å². The van der Waals surface area contributed by atoms with Gasteiger partial charge < -0.3 is 14.4 Å². The molecule has 2 aromatic rings. The maximum Gasteiger partial charge on any atom is 0.573 e. The zero-order valence-corrected chi connectivity index (χ0v) is 21.4. The molecule has 0 aromatic heterocycles. The molecule has 4 rings (SSSR count). The molecule has 10 heteroatoms. The molecule has 1 aliphatic heterocycles. The minimum absolute atomic E-state index is 0.0834. The standard InChI is InChI=1S/C27H32F3N4O3/c1-26(2)13-5-6-18(15-26)16-34-23-12-11-21(36-17-24(35)33(3)4)14-22(23)32-25(34)31-19-7-9-20(10-8-19)37-27(28,29)30/h7-12,14,16,18H,5-6,13,15,17H2,1-4H3,(H,31,32)/q+1. The van der Waals surface area contributed by atoms with Gasteiger partial charge in [-0.05, 0) is 61.1 Å². The second-order valence-corrected chi connectivity index (χ2v) is 10.4. The Kier molecular flexibility index (Phi) is 7.47. The van der Waals surface area contributed by atoms with Crippen molar-refractivity contribution in [1.29, 1.82) is 0 Å². The van der Waals surface area contributed by atoms with Gasteiger partial charge in [-0.15, -0.1) is 13.2 Å². The van der Waals surface area contributed by atoms with Gasteiger partial charge in [0.2, 0.25) is 0 Å². The molecular weight excluding hydrogens is 485 g/mol. The second kappa shape index (κ2) is 10.4. The average Bonchev–Trinajstić information content (AvgIpc) is 3.13. The third kappa shape index (κ3) is 7.02. The lowest BCUT2D eigenvalue weighted by atomic mass is 9.72. The highest BCUT2D eigenvalue weighted by molar-refractivity contribution is 5.97. The molecule has 0 spiro atoms. The predicted octanol–water partition coefficient (Wildman–Crippen LogP) is 6.10. The van der Waals surface area contributed by atoms with E-state index in [-0.39, 0.29) is 23.7 Å². The number of benzene rings is 2. The molecule has 198 valence electrons. The number of aliphatic imine (C=N–C) groups is 1. The number of alkyl halides is 3. The number of guanidine groups is 1. The van der Waals surface area contributed by atoms with Crippen LogP contribution in [0, 0.1) is 11.3 Å². The molecule has 1 saturated carbocycles. The van der Waals surface area contributed by atoms with Crippen LogP contribution in [0.1, 0.15) is 39.5 Å². The Morgan fingerprint density at radius 1 is 1.19 bits per heavy atom. The van der Waals surface area contributed by atoms with Crippen molar-refractivity contribution in [3.8, 4) is 11.5 Å². The van der Waals surface area contributed by atoms with E-state index in [0.717, 1.165) is 24.9 Å². The summed E-state index contributed by atoms with van der Waals surface area (Å²) in [6.07, 6.45) is 1.87. The maximum absolute atomic E-state index is 12.5. The third-order valence-corrected chi connectivity index (χ3v) is 6.47. The molecule has 7 nitrogen and oxygen atoms in total. The highest BCUT2D eigenvalue weighted by Crippen LogP contribution is 2.40. The number of hydrogen-bond donors (Lipinski definition) is 1. The molecule has 1 unspecified atom stereocenters. The molecule has 1 amide bonds. The SMILES string of the molecule is CN(C)C(=O)COc1ccc2c(c1)N=C(Nc1ccc(OC(F)(F)F)cc1)[N+]2=CC1CCCC(C)(C)C1. The van der Waals surface area contributed by atoms with Gasteiger partial charge in [0.15, 0.2) is 12.3 Å². The zero-order valence-electron chi connectivity index (χ0n) is 21.4. The first-order chi connectivity index (χ1) is 17.4. The minimum Gasteiger partial charge on any atom is -0.484 e. The molecular formula is C27H32F3N4O3+. The van der Waals surface area contributed by atoms with Crippen LogP contribution in [0.4, 0.5) is 30.2 Å². The van der Waals surface area contributed by atoms with Crippen molar-refractivity contribution in [2.45, 2.75) is 45.9 Å². The fourth-order valence-electron chi connectivity index (χ4n) is 4.65. The van der Waals surface area contributed by atoms with E-state index in [1.165, 1.54) is 35.6 Å². The second-order valence-electron chi connectivity index (χ2n) is 10.4. The zero-order chi connectivity index (χ0) is 26.8. The molecule has 0 saturated heterocycles. The van der Waals surface area contributed by atoms with Crippen LogP contribution >= 0.6 is 0 Å². The van der Waals surface area contributed by atoms with E-state index >= 15 is 0 Å². The Hall–Kier alpha value is -3.56. The first-order valence-electron chi connectivity index (χ1n) is 12.2. The highest BCUT2D eigenvalue weighted by Gasteiger charge is 2.34. The van der Waals surface area contributed by atoms with E-state index in [0.29, 0.717) is 29.0 Å². The van der Waals surface area contributed by atoms with E-state index in [1.807, 2.05) is 10.6 Å². The summed E-state index contributed by atoms with van der Waals surface area (Å²) in [4.78, 5) is 18.1. The molecule has 2 aliphatic rings. The Balaban J connectivity index is 1.60. The average molecular weight is 518 g/mol. The fourth-order valence-corrected chi connectivity index (χ4v) is 4.65. The lowest BCUT2D eigenvalue weighted by Gasteiger charge is -2.33. The molecule has 1 atom stereocenters. The van der Waals surface area contributed by atoms with Crippen molar-refractivity contribution in [2.24, 2.45) is 16.3 Å². The number of anilines is 1. The summed E-state index contributed by atoms with van der Waals surface area (Å²) < 4.78 is 49.2. The van der Waals surface area contributed by atoms with Gasteiger partial charge >= 0.3 is 12.3 Å². The van der Waals surface area contributed by atoms with Gasteiger partial charge in [-0.1, -0.05) is 25.3 Å². The van der Waals surface area contributed by atoms with Gasteiger partial charge in [0.05, 0.1) is 11.9 Å². The van der Waals surface area contributed by atoms with Crippen LogP contribution in [0.15, 0.2) is 47.5 Å². The number of carbonyl (C=O) groups is 1. The molecule has 1 aliphatic carbocycles. The number of fused-ring (bicyclic) bond motifs is 1. The lowest BCUT2D eigenvalue weighted by Crippen LogP contribution is -2.29. The van der Waals surface area contributed by atoms with Gasteiger partial charge in [-0.3, -0.25) is 4.79 Å². The Bertz CT molecular complexity index is 1200. The molecule has 1 fully saturated rings. The van der Waals surface area contributed by atoms with Gasteiger partial charge in [-0.25, -0.2) is 9.89 Å². The number of carbonyl (C=O) groups excluding carboxylic acids is 1. The molecule has 0 bridgehead atoms. The summed E-state index contributed by atoms with van der Waals surface area (Å²) in [5.74, 6) is 0.949. The third-order valence-electron chi connectivity index (χ3n) is 6.47. The lowest BCUT2D eigenvalue weighted by molar-refractivity contribution is -0.298. The van der Waals surface area contributed by atoms with E-state index in [2.05, 4.69) is 30.1 Å². The summed E-state index contributed by atoms with van der Waals surface area (Å²) in [7, 11) is 3.33. The number of halogens is 3. The van der Waals surface area contributed by atoms with E-state index in [1.54, 1.807) is 26.2 Å². The molecule has 37 heavy (non-hydrogen) atoms. The topological polar surface area (TPSA) is 66.2 Å². The number of nitrogens with one attached hydrogen (secondary N) is 1. The minimum atomic E-state index is -4.75. The highest BCUT2D eigenvalue weighted by atomic mass is 19.4. The van der Waals surface area contributed by atoms with Crippen molar-refractivity contribution >= 4 is 35.1 Å². The van der Waals surface area contributed by atoms with Crippen LogP contribution in [0.25, 0.3) is 0 Å². The van der Waals surface area contributed by atoms with Crippen molar-refractivity contribution in [1.82, 2.24) is 4.90 Å². The summed E-state index contributed by atoms with van der Waals surface area (Å²) in [6, 6.07) is 11.0. The van der Waals surface area contributed by atoms with Crippen LogP contribution in [-0.2, 0) is 4.79 Å². The van der Waals surface area contributed by atoms with Gasteiger partial charge in [0.25, 0.3) is 5.91 Å². The number of rotatable bonds is 6. The Morgan fingerprint density at radius 2 is 1.89 bits per heavy atom. The maximum atomic E-state index is 12.5. The Labute approximate surface area is 214 Å². The largest absolute Gasteiger partial charge is 0.573 e. The summed E-state index contributed by atoms with van der Waals surface area (Å²) in [5.41, 5.74) is 2.34. The van der Waals surface area contributed by atoms with Crippen LogP contribution < -0.4 is 14.8 Å². The smallest absolute Gasteiger partial charge is 0.484 e. The quantitative estimate of drug-likeness (QED) is 0.471. The fraction of sp³-hybridized carbons (Fsp3) is 0.444. The number of hydrogen-bond acceptors (Lipinski definition) is 5. The monoisotopic (exact) mass is 517 g/mol. The van der Waals surface area contributed by atoms with Crippen molar-refractivity contribution in [3.63, 3.8) is 0 Å². The summed E-state index contributed by atoms with van der Waals surface area (Å²) >= 11 is 0. The first kappa shape index (κ1) is 26.5.